The average molecular weight is 324 g/mol. The number of urea groups is 1. The fourth-order valence-electron chi connectivity index (χ4n) is 3.29. The minimum absolute atomic E-state index is 0.143. The second-order valence-electron chi connectivity index (χ2n) is 6.68. The summed E-state index contributed by atoms with van der Waals surface area (Å²) in [7, 11) is 0. The molecule has 0 aromatic heterocycles. The second-order valence-corrected chi connectivity index (χ2v) is 6.68. The summed E-state index contributed by atoms with van der Waals surface area (Å²) in [4.78, 5) is 14.0. The van der Waals surface area contributed by atoms with E-state index in [-0.39, 0.29) is 18.6 Å². The van der Waals surface area contributed by atoms with Gasteiger partial charge in [0.15, 0.2) is 0 Å². The molecule has 1 aliphatic carbocycles. The number of carbonyl (C=O) groups is 1. The Morgan fingerprint density at radius 3 is 2.57 bits per heavy atom. The van der Waals surface area contributed by atoms with Crippen LogP contribution in [0.3, 0.4) is 0 Å². The van der Waals surface area contributed by atoms with E-state index in [4.69, 9.17) is 5.11 Å². The summed E-state index contributed by atoms with van der Waals surface area (Å²) in [5.74, 6) is -0.847. The van der Waals surface area contributed by atoms with Gasteiger partial charge in [0.05, 0.1) is 0 Å². The van der Waals surface area contributed by atoms with Crippen molar-refractivity contribution >= 4 is 6.03 Å². The highest BCUT2D eigenvalue weighted by Crippen LogP contribution is 2.48. The van der Waals surface area contributed by atoms with Gasteiger partial charge in [0.25, 0.3) is 0 Å². The topological polar surface area (TPSA) is 52.6 Å². The van der Waals surface area contributed by atoms with Crippen molar-refractivity contribution < 1.29 is 18.7 Å². The van der Waals surface area contributed by atoms with Crippen molar-refractivity contribution in [2.24, 2.45) is 5.92 Å². The van der Waals surface area contributed by atoms with Crippen molar-refractivity contribution in [1.82, 2.24) is 10.2 Å². The monoisotopic (exact) mass is 324 g/mol. The van der Waals surface area contributed by atoms with Gasteiger partial charge in [-0.3, -0.25) is 0 Å². The maximum absolute atomic E-state index is 14.0. The summed E-state index contributed by atoms with van der Waals surface area (Å²) in [6.45, 7) is 1.81. The fourth-order valence-corrected chi connectivity index (χ4v) is 3.29. The van der Waals surface area contributed by atoms with E-state index >= 15 is 0 Å². The molecule has 6 heteroatoms. The Hall–Kier alpha value is -1.69. The van der Waals surface area contributed by atoms with E-state index in [0.29, 0.717) is 25.2 Å². The molecule has 2 N–H and O–H groups in total. The van der Waals surface area contributed by atoms with Crippen LogP contribution < -0.4 is 5.32 Å². The Kier molecular flexibility index (Phi) is 4.53. The quantitative estimate of drug-likeness (QED) is 0.894. The number of hydrogen-bond acceptors (Lipinski definition) is 2. The highest BCUT2D eigenvalue weighted by molar-refractivity contribution is 5.74. The summed E-state index contributed by atoms with van der Waals surface area (Å²) in [5, 5.41) is 12.0. The molecule has 126 valence electrons. The molecule has 2 aliphatic rings. The van der Waals surface area contributed by atoms with Crippen LogP contribution in [0.4, 0.5) is 13.6 Å². The lowest BCUT2D eigenvalue weighted by molar-refractivity contribution is 0.137. The van der Waals surface area contributed by atoms with Gasteiger partial charge in [-0.25, -0.2) is 13.6 Å². The molecule has 0 unspecified atom stereocenters. The van der Waals surface area contributed by atoms with Crippen LogP contribution in [0.5, 0.6) is 0 Å². The van der Waals surface area contributed by atoms with E-state index in [2.05, 4.69) is 5.32 Å². The first-order chi connectivity index (χ1) is 11.0. The smallest absolute Gasteiger partial charge is 0.317 e. The van der Waals surface area contributed by atoms with Crippen LogP contribution in [-0.2, 0) is 5.41 Å². The Morgan fingerprint density at radius 1 is 1.30 bits per heavy atom. The van der Waals surface area contributed by atoms with Gasteiger partial charge in [-0.2, -0.15) is 0 Å². The fraction of sp³-hybridized carbons (Fsp3) is 0.588. The number of likely N-dealkylation sites (tertiary alicyclic amines) is 1. The highest BCUT2D eigenvalue weighted by atomic mass is 19.1. The number of amides is 2. The summed E-state index contributed by atoms with van der Waals surface area (Å²) >= 11 is 0. The molecule has 4 nitrogen and oxygen atoms in total. The number of aliphatic hydroxyl groups is 1. The molecule has 0 spiro atoms. The van der Waals surface area contributed by atoms with Gasteiger partial charge >= 0.3 is 6.03 Å². The summed E-state index contributed by atoms with van der Waals surface area (Å²) in [6, 6.07) is 3.50. The molecule has 0 radical (unpaired) electrons. The number of hydrogen-bond donors (Lipinski definition) is 2. The molecule has 1 aromatic carbocycles. The van der Waals surface area contributed by atoms with Crippen molar-refractivity contribution in [3.05, 3.63) is 35.4 Å². The minimum Gasteiger partial charge on any atom is -0.396 e. The molecule has 23 heavy (non-hydrogen) atoms. The first-order valence-corrected chi connectivity index (χ1v) is 8.13. The van der Waals surface area contributed by atoms with Crippen LogP contribution in [0.25, 0.3) is 0 Å². The average Bonchev–Trinajstić information content (AvgIpc) is 3.33. The first-order valence-electron chi connectivity index (χ1n) is 8.13. The number of halogens is 2. The van der Waals surface area contributed by atoms with Crippen molar-refractivity contribution in [3.63, 3.8) is 0 Å². The molecular formula is C17H22F2N2O2. The third-order valence-electron chi connectivity index (χ3n) is 5.09. The van der Waals surface area contributed by atoms with E-state index in [0.717, 1.165) is 31.7 Å². The van der Waals surface area contributed by atoms with Crippen molar-refractivity contribution in [2.75, 3.05) is 26.2 Å². The molecular weight excluding hydrogens is 302 g/mol. The zero-order valence-corrected chi connectivity index (χ0v) is 13.0. The Labute approximate surface area is 134 Å². The Bertz CT molecular complexity index is 582. The van der Waals surface area contributed by atoms with Crippen LogP contribution in [0.2, 0.25) is 0 Å². The van der Waals surface area contributed by atoms with Crippen LogP contribution in [0.1, 0.15) is 31.2 Å². The van der Waals surface area contributed by atoms with Gasteiger partial charge in [0, 0.05) is 37.7 Å². The highest BCUT2D eigenvalue weighted by Gasteiger charge is 2.46. The summed E-state index contributed by atoms with van der Waals surface area (Å²) in [5.41, 5.74) is 0.0924. The first kappa shape index (κ1) is 16.2. The number of carbonyl (C=O) groups excluding carboxylic acids is 1. The van der Waals surface area contributed by atoms with E-state index in [1.165, 1.54) is 12.1 Å². The number of aliphatic hydroxyl groups excluding tert-OH is 1. The van der Waals surface area contributed by atoms with Crippen LogP contribution >= 0.6 is 0 Å². The lowest BCUT2D eigenvalue weighted by atomic mass is 9.95. The number of piperidine rings is 1. The predicted molar refractivity (Wildman–Crippen MR) is 82.1 cm³/mol. The largest absolute Gasteiger partial charge is 0.396 e. The van der Waals surface area contributed by atoms with Gasteiger partial charge in [-0.1, -0.05) is 6.07 Å². The predicted octanol–water partition coefficient (Wildman–Crippen LogP) is 2.41. The molecule has 2 fully saturated rings. The molecule has 0 atom stereocenters. The van der Waals surface area contributed by atoms with Crippen molar-refractivity contribution in [3.8, 4) is 0 Å². The minimum atomic E-state index is -0.585. The van der Waals surface area contributed by atoms with Gasteiger partial charge in [-0.05, 0) is 43.2 Å². The van der Waals surface area contributed by atoms with E-state index in [9.17, 15) is 13.6 Å². The zero-order chi connectivity index (χ0) is 16.4. The van der Waals surface area contributed by atoms with Crippen LogP contribution in [0.15, 0.2) is 18.2 Å². The van der Waals surface area contributed by atoms with E-state index in [1.54, 1.807) is 4.90 Å². The molecule has 1 aliphatic heterocycles. The number of nitrogens with one attached hydrogen (secondary N) is 1. The Morgan fingerprint density at radius 2 is 2.00 bits per heavy atom. The zero-order valence-electron chi connectivity index (χ0n) is 13.0. The molecule has 1 aromatic rings. The van der Waals surface area contributed by atoms with E-state index < -0.39 is 17.0 Å². The van der Waals surface area contributed by atoms with Crippen molar-refractivity contribution in [2.45, 2.75) is 31.1 Å². The van der Waals surface area contributed by atoms with Gasteiger partial charge < -0.3 is 15.3 Å². The molecule has 1 heterocycles. The number of nitrogens with zero attached hydrogens (tertiary/aromatic N) is 1. The third-order valence-corrected chi connectivity index (χ3v) is 5.09. The Balaban J connectivity index is 1.56. The molecule has 3 rings (SSSR count). The molecule has 1 saturated carbocycles. The number of benzene rings is 1. The molecule has 2 amide bonds. The summed E-state index contributed by atoms with van der Waals surface area (Å²) in [6.07, 6.45) is 3.20. The standard InChI is InChI=1S/C17H22F2N2O2/c18-13-1-2-14(15(19)9-13)17(5-6-17)11-20-16(23)21-7-3-12(10-22)4-8-21/h1-2,9,12,22H,3-8,10-11H2,(H,20,23). The maximum atomic E-state index is 14.0. The van der Waals surface area contributed by atoms with Gasteiger partial charge in [0.1, 0.15) is 11.6 Å². The second kappa shape index (κ2) is 6.43. The lowest BCUT2D eigenvalue weighted by Gasteiger charge is -2.31. The van der Waals surface area contributed by atoms with Crippen LogP contribution in [-0.4, -0.2) is 42.3 Å². The van der Waals surface area contributed by atoms with Crippen LogP contribution in [0, 0.1) is 17.6 Å². The van der Waals surface area contributed by atoms with Gasteiger partial charge in [0.2, 0.25) is 0 Å². The summed E-state index contributed by atoms with van der Waals surface area (Å²) < 4.78 is 27.0. The molecule has 1 saturated heterocycles. The van der Waals surface area contributed by atoms with Crippen molar-refractivity contribution in [1.29, 1.82) is 0 Å². The molecule has 0 bridgehead atoms. The maximum Gasteiger partial charge on any atom is 0.317 e. The number of rotatable bonds is 4. The van der Waals surface area contributed by atoms with E-state index in [1.807, 2.05) is 0 Å². The normalized spacial score (nSPS) is 20.4. The SMILES string of the molecule is O=C(NCC1(c2ccc(F)cc2F)CC1)N1CCC(CO)CC1. The van der Waals surface area contributed by atoms with Gasteiger partial charge in [-0.15, -0.1) is 0 Å². The third kappa shape index (κ3) is 3.47. The lowest BCUT2D eigenvalue weighted by Crippen LogP contribution is -2.46.